The molecule has 132 valence electrons. The second-order valence-electron chi connectivity index (χ2n) is 5.67. The number of amides is 2. The molecule has 0 unspecified atom stereocenters. The summed E-state index contributed by atoms with van der Waals surface area (Å²) in [6, 6.07) is 19.2. The number of halogens is 1. The average Bonchev–Trinajstić information content (AvgIpc) is 3.14. The molecular formula is C20H17ClN2O3. The number of nitrogens with one attached hydrogen (secondary N) is 1. The third-order valence-corrected chi connectivity index (χ3v) is 3.91. The van der Waals surface area contributed by atoms with Gasteiger partial charge in [-0.3, -0.25) is 9.59 Å². The van der Waals surface area contributed by atoms with Crippen LogP contribution in [0.5, 0.6) is 0 Å². The minimum Gasteiger partial charge on any atom is -0.467 e. The summed E-state index contributed by atoms with van der Waals surface area (Å²) < 4.78 is 5.32. The van der Waals surface area contributed by atoms with E-state index in [1.807, 2.05) is 18.2 Å². The zero-order valence-electron chi connectivity index (χ0n) is 13.9. The van der Waals surface area contributed by atoms with Crippen LogP contribution >= 0.6 is 11.6 Å². The normalized spacial score (nSPS) is 10.3. The van der Waals surface area contributed by atoms with Gasteiger partial charge >= 0.3 is 0 Å². The van der Waals surface area contributed by atoms with Crippen LogP contribution in [0.3, 0.4) is 0 Å². The number of nitrogens with zero attached hydrogens (tertiary/aromatic N) is 1. The van der Waals surface area contributed by atoms with Crippen LogP contribution < -0.4 is 5.32 Å². The van der Waals surface area contributed by atoms with Gasteiger partial charge in [0.1, 0.15) is 12.3 Å². The summed E-state index contributed by atoms with van der Waals surface area (Å²) >= 11 is 5.98. The van der Waals surface area contributed by atoms with Gasteiger partial charge in [0.2, 0.25) is 5.91 Å². The van der Waals surface area contributed by atoms with Gasteiger partial charge in [0.05, 0.1) is 12.8 Å². The van der Waals surface area contributed by atoms with Crippen LogP contribution in [0.1, 0.15) is 16.1 Å². The first kappa shape index (κ1) is 17.8. The zero-order valence-corrected chi connectivity index (χ0v) is 14.6. The highest BCUT2D eigenvalue weighted by molar-refractivity contribution is 6.31. The Hall–Kier alpha value is -3.05. The van der Waals surface area contributed by atoms with E-state index in [0.717, 1.165) is 0 Å². The van der Waals surface area contributed by atoms with Crippen molar-refractivity contribution in [1.29, 1.82) is 0 Å². The summed E-state index contributed by atoms with van der Waals surface area (Å²) in [5, 5.41) is 3.24. The van der Waals surface area contributed by atoms with Crippen molar-refractivity contribution in [1.82, 2.24) is 4.90 Å². The van der Waals surface area contributed by atoms with Gasteiger partial charge in [-0.05, 0) is 42.5 Å². The molecule has 0 saturated carbocycles. The first-order valence-electron chi connectivity index (χ1n) is 8.04. The quantitative estimate of drug-likeness (QED) is 0.708. The molecule has 6 heteroatoms. The molecule has 5 nitrogen and oxygen atoms in total. The van der Waals surface area contributed by atoms with Crippen molar-refractivity contribution >= 4 is 29.1 Å². The number of rotatable bonds is 6. The molecule has 0 spiro atoms. The number of hydrogen-bond donors (Lipinski definition) is 1. The third-order valence-electron chi connectivity index (χ3n) is 3.68. The number of furan rings is 1. The van der Waals surface area contributed by atoms with Crippen LogP contribution in [0.15, 0.2) is 77.4 Å². The standard InChI is InChI=1S/C20H17ClN2O3/c21-16-7-4-6-15(12-16)20(25)23(13-18-10-5-11-26-18)14-19(24)22-17-8-2-1-3-9-17/h1-12H,13-14H2,(H,22,24). The number of hydrogen-bond acceptors (Lipinski definition) is 3. The lowest BCUT2D eigenvalue weighted by molar-refractivity contribution is -0.117. The monoisotopic (exact) mass is 368 g/mol. The fourth-order valence-electron chi connectivity index (χ4n) is 2.49. The smallest absolute Gasteiger partial charge is 0.254 e. The van der Waals surface area contributed by atoms with Gasteiger partial charge in [-0.15, -0.1) is 0 Å². The van der Waals surface area contributed by atoms with Gasteiger partial charge < -0.3 is 14.6 Å². The van der Waals surface area contributed by atoms with E-state index < -0.39 is 0 Å². The highest BCUT2D eigenvalue weighted by atomic mass is 35.5. The first-order chi connectivity index (χ1) is 12.6. The van der Waals surface area contributed by atoms with Crippen molar-refractivity contribution in [2.45, 2.75) is 6.54 Å². The fourth-order valence-corrected chi connectivity index (χ4v) is 2.68. The van der Waals surface area contributed by atoms with E-state index in [1.54, 1.807) is 48.5 Å². The predicted octanol–water partition coefficient (Wildman–Crippen LogP) is 4.21. The maximum Gasteiger partial charge on any atom is 0.254 e. The Bertz CT molecular complexity index is 879. The van der Waals surface area contributed by atoms with Gasteiger partial charge in [-0.25, -0.2) is 0 Å². The van der Waals surface area contributed by atoms with E-state index in [4.69, 9.17) is 16.0 Å². The average molecular weight is 369 g/mol. The molecular weight excluding hydrogens is 352 g/mol. The second-order valence-corrected chi connectivity index (χ2v) is 6.10. The number of benzene rings is 2. The molecule has 0 saturated heterocycles. The van der Waals surface area contributed by atoms with E-state index in [-0.39, 0.29) is 24.9 Å². The lowest BCUT2D eigenvalue weighted by Gasteiger charge is -2.21. The van der Waals surface area contributed by atoms with Crippen LogP contribution in [-0.2, 0) is 11.3 Å². The maximum absolute atomic E-state index is 12.9. The van der Waals surface area contributed by atoms with Crippen LogP contribution in [0, 0.1) is 0 Å². The molecule has 0 bridgehead atoms. The molecule has 3 aromatic rings. The number of carbonyl (C=O) groups is 2. The molecule has 1 heterocycles. The lowest BCUT2D eigenvalue weighted by Crippen LogP contribution is -2.37. The summed E-state index contributed by atoms with van der Waals surface area (Å²) in [7, 11) is 0. The molecule has 1 N–H and O–H groups in total. The largest absolute Gasteiger partial charge is 0.467 e. The van der Waals surface area contributed by atoms with Gasteiger partial charge in [-0.1, -0.05) is 35.9 Å². The first-order valence-corrected chi connectivity index (χ1v) is 8.42. The molecule has 0 radical (unpaired) electrons. The molecule has 0 fully saturated rings. The lowest BCUT2D eigenvalue weighted by atomic mass is 10.2. The van der Waals surface area contributed by atoms with E-state index in [2.05, 4.69) is 5.32 Å². The number of para-hydroxylation sites is 1. The summed E-state index contributed by atoms with van der Waals surface area (Å²) in [6.07, 6.45) is 1.53. The number of carbonyl (C=O) groups excluding carboxylic acids is 2. The molecule has 1 aromatic heterocycles. The zero-order chi connectivity index (χ0) is 18.4. The Morgan fingerprint density at radius 2 is 1.81 bits per heavy atom. The SMILES string of the molecule is O=C(CN(Cc1ccco1)C(=O)c1cccc(Cl)c1)Nc1ccccc1. The third kappa shape index (κ3) is 4.74. The van der Waals surface area contributed by atoms with Crippen molar-refractivity contribution in [3.8, 4) is 0 Å². The van der Waals surface area contributed by atoms with Crippen molar-refractivity contribution in [2.24, 2.45) is 0 Å². The van der Waals surface area contributed by atoms with Gasteiger partial charge in [-0.2, -0.15) is 0 Å². The molecule has 0 aliphatic heterocycles. The van der Waals surface area contributed by atoms with Crippen LogP contribution in [-0.4, -0.2) is 23.3 Å². The van der Waals surface area contributed by atoms with Crippen molar-refractivity contribution in [3.05, 3.63) is 89.3 Å². The van der Waals surface area contributed by atoms with Crippen LogP contribution in [0.4, 0.5) is 5.69 Å². The molecule has 3 rings (SSSR count). The van der Waals surface area contributed by atoms with E-state index in [0.29, 0.717) is 22.0 Å². The summed E-state index contributed by atoms with van der Waals surface area (Å²) in [5.74, 6) is -0.00173. The van der Waals surface area contributed by atoms with Crippen molar-refractivity contribution < 1.29 is 14.0 Å². The Morgan fingerprint density at radius 1 is 1.00 bits per heavy atom. The minimum absolute atomic E-state index is 0.110. The molecule has 0 aliphatic carbocycles. The van der Waals surface area contributed by atoms with Crippen molar-refractivity contribution in [2.75, 3.05) is 11.9 Å². The topological polar surface area (TPSA) is 62.6 Å². The summed E-state index contributed by atoms with van der Waals surface area (Å²) in [4.78, 5) is 26.7. The Morgan fingerprint density at radius 3 is 2.50 bits per heavy atom. The highest BCUT2D eigenvalue weighted by Gasteiger charge is 2.20. The predicted molar refractivity (Wildman–Crippen MR) is 100.0 cm³/mol. The number of anilines is 1. The minimum atomic E-state index is -0.299. The molecule has 0 atom stereocenters. The Balaban J connectivity index is 1.76. The van der Waals surface area contributed by atoms with E-state index in [9.17, 15) is 9.59 Å². The Kier molecular flexibility index (Phi) is 5.71. The Labute approximate surface area is 156 Å². The van der Waals surface area contributed by atoms with Crippen molar-refractivity contribution in [3.63, 3.8) is 0 Å². The molecule has 2 aromatic carbocycles. The van der Waals surface area contributed by atoms with E-state index >= 15 is 0 Å². The summed E-state index contributed by atoms with van der Waals surface area (Å²) in [6.45, 7) is 0.0709. The highest BCUT2D eigenvalue weighted by Crippen LogP contribution is 2.15. The molecule has 2 amide bonds. The van der Waals surface area contributed by atoms with Gasteiger partial charge in [0.25, 0.3) is 5.91 Å². The van der Waals surface area contributed by atoms with Crippen LogP contribution in [0.25, 0.3) is 0 Å². The molecule has 0 aliphatic rings. The van der Waals surface area contributed by atoms with Gasteiger partial charge in [0, 0.05) is 16.3 Å². The maximum atomic E-state index is 12.9. The summed E-state index contributed by atoms with van der Waals surface area (Å²) in [5.41, 5.74) is 1.09. The fraction of sp³-hybridized carbons (Fsp3) is 0.100. The van der Waals surface area contributed by atoms with E-state index in [1.165, 1.54) is 11.2 Å². The molecule has 26 heavy (non-hydrogen) atoms. The van der Waals surface area contributed by atoms with Gasteiger partial charge in [0.15, 0.2) is 0 Å². The van der Waals surface area contributed by atoms with Crippen LogP contribution in [0.2, 0.25) is 5.02 Å². The second kappa shape index (κ2) is 8.36.